The van der Waals surface area contributed by atoms with Gasteiger partial charge in [0.1, 0.15) is 0 Å². The van der Waals surface area contributed by atoms with Crippen molar-refractivity contribution in [2.45, 2.75) is 38.3 Å². The van der Waals surface area contributed by atoms with Crippen molar-refractivity contribution in [3.63, 3.8) is 0 Å². The summed E-state index contributed by atoms with van der Waals surface area (Å²) in [7, 11) is 0. The van der Waals surface area contributed by atoms with Gasteiger partial charge in [-0.2, -0.15) is 11.8 Å². The van der Waals surface area contributed by atoms with Crippen LogP contribution in [0, 0.1) is 0 Å². The summed E-state index contributed by atoms with van der Waals surface area (Å²) >= 11 is 1.92. The molecule has 22 heavy (non-hydrogen) atoms. The number of likely N-dealkylation sites (tertiary alicyclic amines) is 1. The van der Waals surface area contributed by atoms with Gasteiger partial charge in [0, 0.05) is 37.8 Å². The van der Waals surface area contributed by atoms with Gasteiger partial charge in [-0.3, -0.25) is 9.69 Å². The van der Waals surface area contributed by atoms with Gasteiger partial charge in [0.25, 0.3) is 0 Å². The van der Waals surface area contributed by atoms with Gasteiger partial charge in [-0.15, -0.1) is 0 Å². The van der Waals surface area contributed by atoms with Crippen molar-refractivity contribution in [1.29, 1.82) is 0 Å². The molecule has 1 aromatic carbocycles. The first-order valence-corrected chi connectivity index (χ1v) is 9.75. The van der Waals surface area contributed by atoms with E-state index in [4.69, 9.17) is 0 Å². The fourth-order valence-corrected chi connectivity index (χ4v) is 4.44. The van der Waals surface area contributed by atoms with Crippen molar-refractivity contribution in [2.24, 2.45) is 0 Å². The zero-order valence-electron chi connectivity index (χ0n) is 13.5. The minimum Gasteiger partial charge on any atom is -0.338 e. The molecule has 3 nitrogen and oxygen atoms in total. The minimum absolute atomic E-state index is 0.323. The first kappa shape index (κ1) is 15.9. The normalized spacial score (nSPS) is 21.9. The number of rotatable bonds is 5. The molecule has 0 radical (unpaired) electrons. The van der Waals surface area contributed by atoms with Gasteiger partial charge < -0.3 is 4.90 Å². The first-order chi connectivity index (χ1) is 10.8. The van der Waals surface area contributed by atoms with E-state index in [9.17, 15) is 4.79 Å². The van der Waals surface area contributed by atoms with Crippen LogP contribution in [-0.2, 0) is 17.8 Å². The number of amides is 1. The topological polar surface area (TPSA) is 23.6 Å². The minimum atomic E-state index is 0.323. The van der Waals surface area contributed by atoms with E-state index in [1.165, 1.54) is 36.3 Å². The number of hydrogen-bond acceptors (Lipinski definition) is 3. The summed E-state index contributed by atoms with van der Waals surface area (Å²) < 4.78 is 0. The summed E-state index contributed by atoms with van der Waals surface area (Å²) in [4.78, 5) is 17.1. The van der Waals surface area contributed by atoms with Crippen LogP contribution in [0.2, 0.25) is 0 Å². The largest absolute Gasteiger partial charge is 0.338 e. The number of thioether (sulfide) groups is 1. The van der Waals surface area contributed by atoms with Gasteiger partial charge in [0.15, 0.2) is 0 Å². The molecule has 2 aliphatic rings. The van der Waals surface area contributed by atoms with Gasteiger partial charge in [0.05, 0.1) is 0 Å². The molecule has 2 aliphatic heterocycles. The third-order valence-electron chi connectivity index (χ3n) is 4.95. The Morgan fingerprint density at radius 1 is 1.27 bits per heavy atom. The molecule has 1 amide bonds. The highest BCUT2D eigenvalue weighted by atomic mass is 32.2. The Bertz CT molecular complexity index is 520. The molecule has 1 atom stereocenters. The predicted octanol–water partition coefficient (Wildman–Crippen LogP) is 2.79. The summed E-state index contributed by atoms with van der Waals surface area (Å²) in [5, 5.41) is 0. The van der Waals surface area contributed by atoms with Crippen LogP contribution in [0.15, 0.2) is 24.3 Å². The van der Waals surface area contributed by atoms with E-state index >= 15 is 0 Å². The molecular formula is C18H26N2OS. The standard InChI is InChI=1S/C18H26N2OS/c1-22-14-17-7-4-10-19(17)12-9-18(21)20-11-8-15-5-2-3-6-16(15)13-20/h2-3,5-6,17H,4,7-14H2,1H3/t17-/m0/s1. The second-order valence-electron chi connectivity index (χ2n) is 6.37. The van der Waals surface area contributed by atoms with Crippen LogP contribution in [0.5, 0.6) is 0 Å². The van der Waals surface area contributed by atoms with Crippen molar-refractivity contribution >= 4 is 17.7 Å². The Balaban J connectivity index is 1.51. The number of hydrogen-bond donors (Lipinski definition) is 0. The van der Waals surface area contributed by atoms with Crippen LogP contribution in [0.1, 0.15) is 30.4 Å². The molecule has 0 spiro atoms. The lowest BCUT2D eigenvalue weighted by molar-refractivity contribution is -0.132. The quantitative estimate of drug-likeness (QED) is 0.834. The average Bonchev–Trinajstić information content (AvgIpc) is 3.00. The summed E-state index contributed by atoms with van der Waals surface area (Å²) in [6.07, 6.45) is 6.43. The third-order valence-corrected chi connectivity index (χ3v) is 5.67. The molecule has 1 saturated heterocycles. The zero-order valence-corrected chi connectivity index (χ0v) is 14.3. The summed E-state index contributed by atoms with van der Waals surface area (Å²) in [6.45, 7) is 3.77. The van der Waals surface area contributed by atoms with Crippen molar-refractivity contribution in [3.8, 4) is 0 Å². The van der Waals surface area contributed by atoms with Gasteiger partial charge in [-0.1, -0.05) is 24.3 Å². The molecule has 0 bridgehead atoms. The maximum Gasteiger partial charge on any atom is 0.224 e. The van der Waals surface area contributed by atoms with Crippen molar-refractivity contribution < 1.29 is 4.79 Å². The maximum absolute atomic E-state index is 12.5. The maximum atomic E-state index is 12.5. The molecule has 1 fully saturated rings. The first-order valence-electron chi connectivity index (χ1n) is 8.35. The van der Waals surface area contributed by atoms with Crippen LogP contribution in [0.4, 0.5) is 0 Å². The number of nitrogens with zero attached hydrogens (tertiary/aromatic N) is 2. The lowest BCUT2D eigenvalue weighted by atomic mass is 10.00. The molecule has 4 heteroatoms. The molecular weight excluding hydrogens is 292 g/mol. The number of carbonyl (C=O) groups is 1. The Morgan fingerprint density at radius 3 is 2.91 bits per heavy atom. The second kappa shape index (κ2) is 7.51. The van der Waals surface area contributed by atoms with Gasteiger partial charge >= 0.3 is 0 Å². The highest BCUT2D eigenvalue weighted by Gasteiger charge is 2.26. The number of fused-ring (bicyclic) bond motifs is 1. The van der Waals surface area contributed by atoms with Crippen molar-refractivity contribution in [2.75, 3.05) is 31.6 Å². The van der Waals surface area contributed by atoms with Gasteiger partial charge in [-0.25, -0.2) is 0 Å². The fourth-order valence-electron chi connectivity index (χ4n) is 3.68. The van der Waals surface area contributed by atoms with Gasteiger partial charge in [-0.05, 0) is 43.2 Å². The summed E-state index contributed by atoms with van der Waals surface area (Å²) in [5.74, 6) is 1.52. The Morgan fingerprint density at radius 2 is 2.09 bits per heavy atom. The zero-order chi connectivity index (χ0) is 15.4. The van der Waals surface area contributed by atoms with Crippen LogP contribution in [0.3, 0.4) is 0 Å². The van der Waals surface area contributed by atoms with Gasteiger partial charge in [0.2, 0.25) is 5.91 Å². The van der Waals surface area contributed by atoms with E-state index in [0.717, 1.165) is 26.1 Å². The van der Waals surface area contributed by atoms with E-state index in [2.05, 4.69) is 35.4 Å². The molecule has 0 saturated carbocycles. The van der Waals surface area contributed by atoms with Crippen LogP contribution >= 0.6 is 11.8 Å². The average molecular weight is 318 g/mol. The molecule has 3 rings (SSSR count). The predicted molar refractivity (Wildman–Crippen MR) is 93.2 cm³/mol. The lowest BCUT2D eigenvalue weighted by Gasteiger charge is -2.30. The van der Waals surface area contributed by atoms with Crippen molar-refractivity contribution in [1.82, 2.24) is 9.80 Å². The second-order valence-corrected chi connectivity index (χ2v) is 7.28. The molecule has 0 aromatic heterocycles. The van der Waals surface area contributed by atoms with Crippen LogP contribution in [-0.4, -0.2) is 53.4 Å². The Kier molecular flexibility index (Phi) is 5.42. The Hall–Kier alpha value is -1.00. The van der Waals surface area contributed by atoms with E-state index < -0.39 is 0 Å². The lowest BCUT2D eigenvalue weighted by Crippen LogP contribution is -2.39. The SMILES string of the molecule is CSC[C@@H]1CCCN1CCC(=O)N1CCc2ccccc2C1. The molecule has 0 aliphatic carbocycles. The Labute approximate surface area is 138 Å². The molecule has 0 N–H and O–H groups in total. The monoisotopic (exact) mass is 318 g/mol. The highest BCUT2D eigenvalue weighted by molar-refractivity contribution is 7.98. The van der Waals surface area contributed by atoms with Crippen LogP contribution < -0.4 is 0 Å². The molecule has 0 unspecified atom stereocenters. The van der Waals surface area contributed by atoms with E-state index in [0.29, 0.717) is 18.4 Å². The smallest absolute Gasteiger partial charge is 0.224 e. The molecule has 120 valence electrons. The summed E-state index contributed by atoms with van der Waals surface area (Å²) in [6, 6.07) is 9.20. The molecule has 1 aromatic rings. The fraction of sp³-hybridized carbons (Fsp3) is 0.611. The number of carbonyl (C=O) groups excluding carboxylic acids is 1. The van der Waals surface area contributed by atoms with E-state index in [1.807, 2.05) is 16.7 Å². The van der Waals surface area contributed by atoms with E-state index in [-0.39, 0.29) is 0 Å². The highest BCUT2D eigenvalue weighted by Crippen LogP contribution is 2.22. The number of benzene rings is 1. The van der Waals surface area contributed by atoms with E-state index in [1.54, 1.807) is 0 Å². The molecule has 2 heterocycles. The summed E-state index contributed by atoms with van der Waals surface area (Å²) in [5.41, 5.74) is 2.73. The van der Waals surface area contributed by atoms with Crippen molar-refractivity contribution in [3.05, 3.63) is 35.4 Å². The third kappa shape index (κ3) is 3.66. The van der Waals surface area contributed by atoms with Crippen LogP contribution in [0.25, 0.3) is 0 Å².